The molecule has 136 valence electrons. The van der Waals surface area contributed by atoms with Crippen LogP contribution in [-0.4, -0.2) is 23.7 Å². The fourth-order valence-corrected chi connectivity index (χ4v) is 3.53. The molecular formula is C18H10Cl2N2O4S. The average Bonchev–Trinajstić information content (AvgIpc) is 3.05. The standard InChI is InChI=1S/C18H10Cl2N2O4S/c19-10-5-11(20)7-12(6-10)22-17(24)13(16(23)21-18(22)27)3-9-1-2-14-15(4-9)26-8-25-14/h1-7H,8H2,(H,21,23,27). The molecule has 4 rings (SSSR count). The van der Waals surface area contributed by atoms with Gasteiger partial charge in [-0.1, -0.05) is 29.3 Å². The van der Waals surface area contributed by atoms with Crippen molar-refractivity contribution in [2.75, 3.05) is 11.7 Å². The molecular weight excluding hydrogens is 411 g/mol. The third-order valence-corrected chi connectivity index (χ3v) is 4.64. The summed E-state index contributed by atoms with van der Waals surface area (Å²) in [5.41, 5.74) is 0.882. The molecule has 0 aliphatic carbocycles. The number of rotatable bonds is 2. The van der Waals surface area contributed by atoms with Gasteiger partial charge >= 0.3 is 0 Å². The number of carbonyl (C=O) groups is 2. The first-order valence-corrected chi connectivity index (χ1v) is 8.86. The van der Waals surface area contributed by atoms with Gasteiger partial charge in [-0.3, -0.25) is 19.8 Å². The smallest absolute Gasteiger partial charge is 0.270 e. The van der Waals surface area contributed by atoms with Crippen molar-refractivity contribution in [3.05, 3.63) is 57.6 Å². The number of ether oxygens (including phenoxy) is 2. The SMILES string of the molecule is O=C1NC(=S)N(c2cc(Cl)cc(Cl)c2)C(=O)C1=Cc1ccc2c(c1)OCO2. The zero-order chi connectivity index (χ0) is 19.1. The summed E-state index contributed by atoms with van der Waals surface area (Å²) in [4.78, 5) is 26.5. The second-order valence-corrected chi connectivity index (χ2v) is 6.96. The summed E-state index contributed by atoms with van der Waals surface area (Å²) < 4.78 is 10.6. The number of thiocarbonyl (C=S) groups is 1. The lowest BCUT2D eigenvalue weighted by molar-refractivity contribution is -0.122. The summed E-state index contributed by atoms with van der Waals surface area (Å²) in [6.45, 7) is 0.131. The van der Waals surface area contributed by atoms with Crippen molar-refractivity contribution in [1.82, 2.24) is 5.32 Å². The van der Waals surface area contributed by atoms with E-state index in [1.165, 1.54) is 29.2 Å². The molecule has 2 aliphatic heterocycles. The second kappa shape index (κ2) is 6.84. The molecule has 0 saturated carbocycles. The lowest BCUT2D eigenvalue weighted by atomic mass is 10.1. The molecule has 0 spiro atoms. The minimum absolute atomic E-state index is 0.0498. The topological polar surface area (TPSA) is 67.9 Å². The Kier molecular flexibility index (Phi) is 4.51. The van der Waals surface area contributed by atoms with E-state index >= 15 is 0 Å². The molecule has 2 aliphatic rings. The monoisotopic (exact) mass is 420 g/mol. The Morgan fingerprint density at radius 1 is 1.04 bits per heavy atom. The van der Waals surface area contributed by atoms with E-state index < -0.39 is 11.8 Å². The highest BCUT2D eigenvalue weighted by molar-refractivity contribution is 7.80. The van der Waals surface area contributed by atoms with Gasteiger partial charge in [-0.05, 0) is 54.2 Å². The minimum Gasteiger partial charge on any atom is -0.454 e. The highest BCUT2D eigenvalue weighted by Gasteiger charge is 2.34. The second-order valence-electron chi connectivity index (χ2n) is 5.70. The molecule has 1 N–H and O–H groups in total. The largest absolute Gasteiger partial charge is 0.454 e. The van der Waals surface area contributed by atoms with E-state index in [-0.39, 0.29) is 17.5 Å². The van der Waals surface area contributed by atoms with Crippen molar-refractivity contribution < 1.29 is 19.1 Å². The van der Waals surface area contributed by atoms with Crippen molar-refractivity contribution in [1.29, 1.82) is 0 Å². The van der Waals surface area contributed by atoms with Gasteiger partial charge in [0.15, 0.2) is 16.6 Å². The number of nitrogens with zero attached hydrogens (tertiary/aromatic N) is 1. The quantitative estimate of drug-likeness (QED) is 0.457. The van der Waals surface area contributed by atoms with Crippen LogP contribution in [-0.2, 0) is 9.59 Å². The molecule has 2 aromatic rings. The lowest BCUT2D eigenvalue weighted by Gasteiger charge is -2.29. The maximum atomic E-state index is 13.0. The molecule has 6 nitrogen and oxygen atoms in total. The maximum Gasteiger partial charge on any atom is 0.270 e. The first-order valence-electron chi connectivity index (χ1n) is 7.69. The van der Waals surface area contributed by atoms with E-state index in [0.717, 1.165) is 0 Å². The third-order valence-electron chi connectivity index (χ3n) is 3.91. The summed E-state index contributed by atoms with van der Waals surface area (Å²) in [5, 5.41) is 3.14. The van der Waals surface area contributed by atoms with Crippen LogP contribution in [0.1, 0.15) is 5.56 Å². The summed E-state index contributed by atoms with van der Waals surface area (Å²) in [5.74, 6) is -0.0262. The molecule has 0 atom stereocenters. The lowest BCUT2D eigenvalue weighted by Crippen LogP contribution is -2.54. The Hall–Kier alpha value is -2.61. The van der Waals surface area contributed by atoms with E-state index in [1.54, 1.807) is 18.2 Å². The van der Waals surface area contributed by atoms with Crippen LogP contribution in [0.2, 0.25) is 10.0 Å². The van der Waals surface area contributed by atoms with Gasteiger partial charge in [-0.15, -0.1) is 0 Å². The zero-order valence-corrected chi connectivity index (χ0v) is 15.8. The molecule has 0 bridgehead atoms. The third kappa shape index (κ3) is 3.37. The van der Waals surface area contributed by atoms with Crippen molar-refractivity contribution >= 4 is 64.1 Å². The van der Waals surface area contributed by atoms with Crippen LogP contribution >= 0.6 is 35.4 Å². The van der Waals surface area contributed by atoms with Crippen molar-refractivity contribution in [3.8, 4) is 11.5 Å². The van der Waals surface area contributed by atoms with Gasteiger partial charge in [-0.2, -0.15) is 0 Å². The molecule has 1 saturated heterocycles. The van der Waals surface area contributed by atoms with Gasteiger partial charge in [0.1, 0.15) is 5.57 Å². The van der Waals surface area contributed by atoms with Crippen LogP contribution in [0.25, 0.3) is 6.08 Å². The van der Waals surface area contributed by atoms with Crippen LogP contribution in [0.3, 0.4) is 0 Å². The van der Waals surface area contributed by atoms with Crippen LogP contribution < -0.4 is 19.7 Å². The van der Waals surface area contributed by atoms with Gasteiger partial charge in [0.2, 0.25) is 6.79 Å². The van der Waals surface area contributed by atoms with Gasteiger partial charge in [0, 0.05) is 10.0 Å². The summed E-state index contributed by atoms with van der Waals surface area (Å²) in [6.07, 6.45) is 1.46. The van der Waals surface area contributed by atoms with E-state index in [9.17, 15) is 9.59 Å². The molecule has 27 heavy (non-hydrogen) atoms. The van der Waals surface area contributed by atoms with Gasteiger partial charge in [0.25, 0.3) is 11.8 Å². The van der Waals surface area contributed by atoms with Crippen molar-refractivity contribution in [2.24, 2.45) is 0 Å². The molecule has 2 amide bonds. The first kappa shape index (κ1) is 17.8. The van der Waals surface area contributed by atoms with Crippen molar-refractivity contribution in [3.63, 3.8) is 0 Å². The van der Waals surface area contributed by atoms with Crippen LogP contribution in [0, 0.1) is 0 Å². The molecule has 0 radical (unpaired) electrons. The van der Waals surface area contributed by atoms with E-state index in [4.69, 9.17) is 44.9 Å². The maximum absolute atomic E-state index is 13.0. The van der Waals surface area contributed by atoms with Crippen LogP contribution in [0.15, 0.2) is 42.0 Å². The van der Waals surface area contributed by atoms with Crippen molar-refractivity contribution in [2.45, 2.75) is 0 Å². The number of carbonyl (C=O) groups excluding carboxylic acids is 2. The molecule has 0 unspecified atom stereocenters. The summed E-state index contributed by atoms with van der Waals surface area (Å²) in [6, 6.07) is 9.71. The predicted molar refractivity (Wildman–Crippen MR) is 105 cm³/mol. The fraction of sp³-hybridized carbons (Fsp3) is 0.0556. The number of fused-ring (bicyclic) bond motifs is 1. The Morgan fingerprint density at radius 3 is 2.48 bits per heavy atom. The van der Waals surface area contributed by atoms with Gasteiger partial charge in [0.05, 0.1) is 5.69 Å². The number of halogens is 2. The Morgan fingerprint density at radius 2 is 1.74 bits per heavy atom. The Balaban J connectivity index is 1.73. The molecule has 0 aromatic heterocycles. The molecule has 1 fully saturated rings. The molecule has 2 heterocycles. The number of hydrogen-bond donors (Lipinski definition) is 1. The highest BCUT2D eigenvalue weighted by Crippen LogP contribution is 2.34. The first-order chi connectivity index (χ1) is 12.9. The summed E-state index contributed by atoms with van der Waals surface area (Å²) in [7, 11) is 0. The Bertz CT molecular complexity index is 1020. The predicted octanol–water partition coefficient (Wildman–Crippen LogP) is 3.55. The average molecular weight is 421 g/mol. The minimum atomic E-state index is -0.591. The van der Waals surface area contributed by atoms with E-state index in [0.29, 0.717) is 32.8 Å². The number of hydrogen-bond acceptors (Lipinski definition) is 5. The highest BCUT2D eigenvalue weighted by atomic mass is 35.5. The Labute approximate surface area is 169 Å². The molecule has 2 aromatic carbocycles. The number of amides is 2. The normalized spacial score (nSPS) is 17.5. The zero-order valence-electron chi connectivity index (χ0n) is 13.5. The van der Waals surface area contributed by atoms with Gasteiger partial charge < -0.3 is 9.47 Å². The number of nitrogens with one attached hydrogen (secondary N) is 1. The van der Waals surface area contributed by atoms with Gasteiger partial charge in [-0.25, -0.2) is 0 Å². The van der Waals surface area contributed by atoms with E-state index in [2.05, 4.69) is 5.32 Å². The van der Waals surface area contributed by atoms with Crippen LogP contribution in [0.4, 0.5) is 5.69 Å². The number of anilines is 1. The molecule has 9 heteroatoms. The van der Waals surface area contributed by atoms with Crippen LogP contribution in [0.5, 0.6) is 11.5 Å². The van der Waals surface area contributed by atoms with E-state index in [1.807, 2.05) is 0 Å². The fourth-order valence-electron chi connectivity index (χ4n) is 2.73. The number of benzene rings is 2. The summed E-state index contributed by atoms with van der Waals surface area (Å²) >= 11 is 17.2.